The van der Waals surface area contributed by atoms with Gasteiger partial charge in [0, 0.05) is 24.3 Å². The third kappa shape index (κ3) is 3.35. The summed E-state index contributed by atoms with van der Waals surface area (Å²) >= 11 is 1.68. The van der Waals surface area contributed by atoms with Gasteiger partial charge in [0.05, 0.1) is 6.54 Å². The van der Waals surface area contributed by atoms with E-state index in [1.807, 2.05) is 49.6 Å². The van der Waals surface area contributed by atoms with Gasteiger partial charge in [0.25, 0.3) is 5.91 Å². The van der Waals surface area contributed by atoms with Crippen molar-refractivity contribution >= 4 is 17.2 Å². The molecule has 1 aromatic carbocycles. The largest absolute Gasteiger partial charge is 0.338 e. The van der Waals surface area contributed by atoms with Gasteiger partial charge in [-0.3, -0.25) is 9.48 Å². The lowest BCUT2D eigenvalue weighted by atomic mass is 10.1. The minimum Gasteiger partial charge on any atom is -0.338 e. The average molecular weight is 325 g/mol. The van der Waals surface area contributed by atoms with Crippen LogP contribution in [0.4, 0.5) is 0 Å². The molecule has 118 valence electrons. The molecule has 5 heteroatoms. The van der Waals surface area contributed by atoms with Crippen molar-refractivity contribution in [1.82, 2.24) is 14.7 Å². The predicted octanol–water partition coefficient (Wildman–Crippen LogP) is 3.50. The van der Waals surface area contributed by atoms with Crippen LogP contribution in [0.25, 0.3) is 0 Å². The molecule has 3 rings (SSSR count). The van der Waals surface area contributed by atoms with Gasteiger partial charge in [-0.25, -0.2) is 0 Å². The number of likely N-dealkylation sites (N-methyl/N-ethyl adjacent to an activating group) is 1. The molecule has 2 heterocycles. The maximum absolute atomic E-state index is 13.0. The van der Waals surface area contributed by atoms with Gasteiger partial charge in [-0.05, 0) is 35.6 Å². The molecule has 0 saturated heterocycles. The summed E-state index contributed by atoms with van der Waals surface area (Å²) in [5, 5.41) is 6.34. The Morgan fingerprint density at radius 2 is 2.04 bits per heavy atom. The maximum Gasteiger partial charge on any atom is 0.252 e. The molecule has 0 aliphatic carbocycles. The molecule has 1 atom stereocenters. The molecule has 0 fully saturated rings. The highest BCUT2D eigenvalue weighted by Gasteiger charge is 2.26. The van der Waals surface area contributed by atoms with Crippen molar-refractivity contribution in [2.24, 2.45) is 0 Å². The van der Waals surface area contributed by atoms with Gasteiger partial charge >= 0.3 is 0 Å². The highest BCUT2D eigenvalue weighted by atomic mass is 32.1. The lowest BCUT2D eigenvalue weighted by molar-refractivity contribution is -0.133. The number of aryl methyl sites for hydroxylation is 1. The van der Waals surface area contributed by atoms with Crippen molar-refractivity contribution in [2.45, 2.75) is 19.5 Å². The Morgan fingerprint density at radius 3 is 2.65 bits per heavy atom. The summed E-state index contributed by atoms with van der Waals surface area (Å²) < 4.78 is 1.72. The van der Waals surface area contributed by atoms with E-state index in [1.165, 1.54) is 10.4 Å². The highest BCUT2D eigenvalue weighted by molar-refractivity contribution is 7.10. The molecule has 0 aliphatic rings. The number of nitrogens with zero attached hydrogens (tertiary/aromatic N) is 3. The van der Waals surface area contributed by atoms with Gasteiger partial charge < -0.3 is 4.90 Å². The number of benzene rings is 1. The van der Waals surface area contributed by atoms with Gasteiger partial charge in [0.15, 0.2) is 6.04 Å². The van der Waals surface area contributed by atoms with Crippen LogP contribution in [0.5, 0.6) is 0 Å². The van der Waals surface area contributed by atoms with E-state index in [0.717, 1.165) is 5.56 Å². The molecule has 1 unspecified atom stereocenters. The molecule has 0 bridgehead atoms. The van der Waals surface area contributed by atoms with Crippen molar-refractivity contribution < 1.29 is 4.79 Å². The number of amides is 1. The lowest BCUT2D eigenvalue weighted by Crippen LogP contribution is -2.35. The molecule has 0 radical (unpaired) electrons. The second-order valence-corrected chi connectivity index (χ2v) is 6.52. The fourth-order valence-corrected chi connectivity index (χ4v) is 3.50. The van der Waals surface area contributed by atoms with Crippen LogP contribution in [-0.2, 0) is 11.3 Å². The first kappa shape index (κ1) is 15.5. The number of rotatable bonds is 5. The zero-order valence-corrected chi connectivity index (χ0v) is 14.0. The quantitative estimate of drug-likeness (QED) is 0.720. The van der Waals surface area contributed by atoms with Crippen LogP contribution in [0, 0.1) is 6.92 Å². The van der Waals surface area contributed by atoms with E-state index in [4.69, 9.17) is 0 Å². The summed E-state index contributed by atoms with van der Waals surface area (Å²) in [7, 11) is 1.85. The Morgan fingerprint density at radius 1 is 1.26 bits per heavy atom. The third-order valence-corrected chi connectivity index (χ3v) is 4.87. The van der Waals surface area contributed by atoms with E-state index in [2.05, 4.69) is 23.5 Å². The summed E-state index contributed by atoms with van der Waals surface area (Å²) in [4.78, 5) is 16.0. The number of aromatic nitrogens is 2. The van der Waals surface area contributed by atoms with Crippen LogP contribution in [0.1, 0.15) is 22.0 Å². The zero-order chi connectivity index (χ0) is 16.2. The smallest absolute Gasteiger partial charge is 0.252 e. The number of hydrogen-bond acceptors (Lipinski definition) is 3. The predicted molar refractivity (Wildman–Crippen MR) is 92.3 cm³/mol. The first-order valence-electron chi connectivity index (χ1n) is 7.49. The Bertz CT molecular complexity index is 765. The van der Waals surface area contributed by atoms with Crippen molar-refractivity contribution in [3.05, 3.63) is 76.2 Å². The van der Waals surface area contributed by atoms with E-state index in [1.54, 1.807) is 27.1 Å². The van der Waals surface area contributed by atoms with Gasteiger partial charge in [-0.2, -0.15) is 5.10 Å². The zero-order valence-electron chi connectivity index (χ0n) is 13.2. The fourth-order valence-electron chi connectivity index (χ4n) is 2.55. The van der Waals surface area contributed by atoms with Crippen LogP contribution in [-0.4, -0.2) is 27.6 Å². The standard InChI is InChI=1S/C18H19N3OS/c1-14-9-12-23-16(14)13-20(2)18(22)17(21-11-6-10-19-21)15-7-4-3-5-8-15/h3-12,17H,13H2,1-2H3. The monoisotopic (exact) mass is 325 g/mol. The third-order valence-electron chi connectivity index (χ3n) is 3.86. The van der Waals surface area contributed by atoms with E-state index in [-0.39, 0.29) is 5.91 Å². The van der Waals surface area contributed by atoms with Crippen molar-refractivity contribution in [3.8, 4) is 0 Å². The second kappa shape index (κ2) is 6.79. The topological polar surface area (TPSA) is 38.1 Å². The molecule has 4 nitrogen and oxygen atoms in total. The van der Waals surface area contributed by atoms with Crippen LogP contribution in [0.15, 0.2) is 60.2 Å². The molecule has 0 N–H and O–H groups in total. The number of carbonyl (C=O) groups is 1. The van der Waals surface area contributed by atoms with Gasteiger partial charge in [0.1, 0.15) is 0 Å². The molecule has 0 spiro atoms. The first-order chi connectivity index (χ1) is 11.2. The van der Waals surface area contributed by atoms with Crippen LogP contribution < -0.4 is 0 Å². The van der Waals surface area contributed by atoms with E-state index in [0.29, 0.717) is 6.54 Å². The normalized spacial score (nSPS) is 12.1. The summed E-state index contributed by atoms with van der Waals surface area (Å²) in [6.45, 7) is 2.69. The minimum absolute atomic E-state index is 0.0349. The molecule has 2 aromatic heterocycles. The summed E-state index contributed by atoms with van der Waals surface area (Å²) in [6.07, 6.45) is 3.53. The van der Waals surface area contributed by atoms with E-state index in [9.17, 15) is 4.79 Å². The SMILES string of the molecule is Cc1ccsc1CN(C)C(=O)C(c1ccccc1)n1cccn1. The highest BCUT2D eigenvalue weighted by Crippen LogP contribution is 2.23. The molecule has 0 aliphatic heterocycles. The molecule has 1 amide bonds. The lowest BCUT2D eigenvalue weighted by Gasteiger charge is -2.24. The Labute approximate surface area is 140 Å². The van der Waals surface area contributed by atoms with Gasteiger partial charge in [0.2, 0.25) is 0 Å². The van der Waals surface area contributed by atoms with Crippen LogP contribution in [0.3, 0.4) is 0 Å². The van der Waals surface area contributed by atoms with Gasteiger partial charge in [-0.1, -0.05) is 30.3 Å². The summed E-state index contributed by atoms with van der Waals surface area (Å²) in [5.74, 6) is 0.0349. The molecular formula is C18H19N3OS. The van der Waals surface area contributed by atoms with Crippen LogP contribution in [0.2, 0.25) is 0 Å². The average Bonchev–Trinajstić information content (AvgIpc) is 3.21. The molecular weight excluding hydrogens is 306 g/mol. The summed E-state index contributed by atoms with van der Waals surface area (Å²) in [6, 6.07) is 13.3. The summed E-state index contributed by atoms with van der Waals surface area (Å²) in [5.41, 5.74) is 2.17. The maximum atomic E-state index is 13.0. The molecule has 0 saturated carbocycles. The van der Waals surface area contributed by atoms with Crippen LogP contribution >= 0.6 is 11.3 Å². The molecule has 3 aromatic rings. The van der Waals surface area contributed by atoms with Gasteiger partial charge in [-0.15, -0.1) is 11.3 Å². The van der Waals surface area contributed by atoms with Crippen molar-refractivity contribution in [2.75, 3.05) is 7.05 Å². The second-order valence-electron chi connectivity index (χ2n) is 5.52. The Balaban J connectivity index is 1.87. The fraction of sp³-hybridized carbons (Fsp3) is 0.222. The minimum atomic E-state index is -0.434. The first-order valence-corrected chi connectivity index (χ1v) is 8.37. The number of thiophene rings is 1. The number of hydrogen-bond donors (Lipinski definition) is 0. The van der Waals surface area contributed by atoms with E-state index >= 15 is 0 Å². The number of carbonyl (C=O) groups excluding carboxylic acids is 1. The van der Waals surface area contributed by atoms with E-state index < -0.39 is 6.04 Å². The molecule has 23 heavy (non-hydrogen) atoms. The van der Waals surface area contributed by atoms with Crippen molar-refractivity contribution in [1.29, 1.82) is 0 Å². The Hall–Kier alpha value is -2.40. The Kier molecular flexibility index (Phi) is 4.57. The van der Waals surface area contributed by atoms with Crippen molar-refractivity contribution in [3.63, 3.8) is 0 Å².